The highest BCUT2D eigenvalue weighted by Crippen LogP contribution is 2.32. The number of benzene rings is 2. The van der Waals surface area contributed by atoms with E-state index in [0.717, 1.165) is 32.9 Å². The summed E-state index contributed by atoms with van der Waals surface area (Å²) in [5, 5.41) is 12.3. The van der Waals surface area contributed by atoms with Crippen LogP contribution in [0.4, 0.5) is 0 Å². The molecule has 9 heteroatoms. The molecule has 0 aliphatic rings. The van der Waals surface area contributed by atoms with Crippen LogP contribution in [0.15, 0.2) is 64.1 Å². The van der Waals surface area contributed by atoms with Gasteiger partial charge in [-0.1, -0.05) is 66.0 Å². The number of rotatable bonds is 9. The van der Waals surface area contributed by atoms with Crippen LogP contribution in [-0.4, -0.2) is 30.9 Å². The minimum absolute atomic E-state index is 0.0117. The normalized spacial score (nSPS) is 13.2. The molecule has 0 saturated carbocycles. The molecule has 1 amide bonds. The number of carbonyl (C=O) groups excluding carboxylic acids is 1. The van der Waals surface area contributed by atoms with Crippen LogP contribution in [0.2, 0.25) is 0 Å². The van der Waals surface area contributed by atoms with Crippen LogP contribution in [0.3, 0.4) is 0 Å². The van der Waals surface area contributed by atoms with Crippen molar-refractivity contribution < 1.29 is 4.79 Å². The first-order valence-electron chi connectivity index (χ1n) is 10.5. The zero-order valence-electron chi connectivity index (χ0n) is 18.2. The molecule has 0 aliphatic heterocycles. The van der Waals surface area contributed by atoms with Crippen LogP contribution >= 0.6 is 34.9 Å². The van der Waals surface area contributed by atoms with E-state index in [1.54, 1.807) is 23.1 Å². The van der Waals surface area contributed by atoms with Crippen molar-refractivity contribution >= 4 is 51.0 Å². The number of nitrogens with zero attached hydrogens (tertiary/aromatic N) is 4. The van der Waals surface area contributed by atoms with E-state index in [1.807, 2.05) is 62.4 Å². The van der Waals surface area contributed by atoms with Gasteiger partial charge in [0.15, 0.2) is 9.50 Å². The Balaban J connectivity index is 1.38. The summed E-state index contributed by atoms with van der Waals surface area (Å²) < 4.78 is 4.29. The molecule has 4 aromatic rings. The van der Waals surface area contributed by atoms with E-state index in [1.165, 1.54) is 16.5 Å². The lowest BCUT2D eigenvalue weighted by molar-refractivity contribution is -0.120. The van der Waals surface area contributed by atoms with E-state index < -0.39 is 0 Å². The summed E-state index contributed by atoms with van der Waals surface area (Å²) in [6.45, 7) is 6.72. The third-order valence-corrected chi connectivity index (χ3v) is 8.27. The summed E-state index contributed by atoms with van der Waals surface area (Å²) >= 11 is 4.80. The highest BCUT2D eigenvalue weighted by atomic mass is 32.2. The summed E-state index contributed by atoms with van der Waals surface area (Å²) in [5.41, 5.74) is 2.11. The van der Waals surface area contributed by atoms with Gasteiger partial charge in [0.05, 0.1) is 27.3 Å². The zero-order chi connectivity index (χ0) is 22.5. The first-order chi connectivity index (χ1) is 15.5. The maximum Gasteiger partial charge on any atom is 0.233 e. The molecular weight excluding hydrogens is 458 g/mol. The molecule has 166 valence electrons. The fraction of sp³-hybridized carbons (Fsp3) is 0.304. The van der Waals surface area contributed by atoms with Crippen molar-refractivity contribution in [2.45, 2.75) is 53.9 Å². The van der Waals surface area contributed by atoms with Crippen molar-refractivity contribution in [3.05, 3.63) is 66.0 Å². The molecule has 2 unspecified atom stereocenters. The van der Waals surface area contributed by atoms with E-state index >= 15 is 0 Å². The number of fused-ring (bicyclic) bond motifs is 1. The van der Waals surface area contributed by atoms with Gasteiger partial charge in [-0.2, -0.15) is 0 Å². The number of thioether (sulfide) groups is 2. The Kier molecular flexibility index (Phi) is 7.49. The Morgan fingerprint density at radius 3 is 2.59 bits per heavy atom. The molecule has 2 aromatic carbocycles. The van der Waals surface area contributed by atoms with Crippen LogP contribution in [0.25, 0.3) is 10.2 Å². The molecule has 0 radical (unpaired) electrons. The third-order valence-electron chi connectivity index (χ3n) is 5.02. The lowest BCUT2D eigenvalue weighted by Gasteiger charge is -2.17. The van der Waals surface area contributed by atoms with E-state index in [4.69, 9.17) is 0 Å². The van der Waals surface area contributed by atoms with Gasteiger partial charge >= 0.3 is 0 Å². The Morgan fingerprint density at radius 2 is 1.84 bits per heavy atom. The molecule has 6 nitrogen and oxygen atoms in total. The molecule has 0 saturated heterocycles. The Morgan fingerprint density at radius 1 is 1.09 bits per heavy atom. The topological polar surface area (TPSA) is 72.7 Å². The number of thiazole rings is 1. The van der Waals surface area contributed by atoms with Crippen LogP contribution in [0, 0.1) is 0 Å². The maximum absolute atomic E-state index is 12.7. The SMILES string of the molecule is CCn1c(CSc2nc3ccccc3s2)nnc1SC(C)C(=O)NC(C)c1ccccc1. The molecular formula is C23H25N5OS3. The smallest absolute Gasteiger partial charge is 0.233 e. The quantitative estimate of drug-likeness (QED) is 0.314. The molecule has 0 spiro atoms. The number of nitrogens with one attached hydrogen (secondary N) is 1. The van der Waals surface area contributed by atoms with Crippen molar-refractivity contribution in [1.82, 2.24) is 25.1 Å². The molecule has 2 aromatic heterocycles. The van der Waals surface area contributed by atoms with Crippen LogP contribution < -0.4 is 5.32 Å². The van der Waals surface area contributed by atoms with Gasteiger partial charge in [-0.05, 0) is 38.5 Å². The summed E-state index contributed by atoms with van der Waals surface area (Å²) in [4.78, 5) is 17.4. The highest BCUT2D eigenvalue weighted by molar-refractivity contribution is 8.00. The lowest BCUT2D eigenvalue weighted by atomic mass is 10.1. The Hall–Kier alpha value is -2.36. The molecule has 4 rings (SSSR count). The van der Waals surface area contributed by atoms with Crippen LogP contribution in [0.1, 0.15) is 38.2 Å². The van der Waals surface area contributed by atoms with Crippen molar-refractivity contribution in [2.75, 3.05) is 0 Å². The van der Waals surface area contributed by atoms with E-state index in [2.05, 4.69) is 38.1 Å². The van der Waals surface area contributed by atoms with Gasteiger partial charge in [0.25, 0.3) is 0 Å². The molecule has 2 heterocycles. The fourth-order valence-electron chi connectivity index (χ4n) is 3.24. The molecule has 0 bridgehead atoms. The number of amides is 1. The molecule has 32 heavy (non-hydrogen) atoms. The summed E-state index contributed by atoms with van der Waals surface area (Å²) in [7, 11) is 0. The van der Waals surface area contributed by atoms with Gasteiger partial charge in [0.1, 0.15) is 5.82 Å². The second-order valence-corrected chi connectivity index (χ2v) is 10.8. The van der Waals surface area contributed by atoms with Gasteiger partial charge < -0.3 is 9.88 Å². The number of carbonyl (C=O) groups is 1. The number of para-hydroxylation sites is 1. The highest BCUT2D eigenvalue weighted by Gasteiger charge is 2.21. The van der Waals surface area contributed by atoms with E-state index in [0.29, 0.717) is 5.75 Å². The summed E-state index contributed by atoms with van der Waals surface area (Å²) in [6.07, 6.45) is 0. The minimum atomic E-state index is -0.277. The average molecular weight is 484 g/mol. The lowest BCUT2D eigenvalue weighted by Crippen LogP contribution is -2.33. The number of aromatic nitrogens is 4. The van der Waals surface area contributed by atoms with E-state index in [9.17, 15) is 4.79 Å². The van der Waals surface area contributed by atoms with Crippen molar-refractivity contribution in [3.8, 4) is 0 Å². The second kappa shape index (κ2) is 10.5. The maximum atomic E-state index is 12.7. The zero-order valence-corrected chi connectivity index (χ0v) is 20.6. The molecule has 0 aliphatic carbocycles. The second-order valence-electron chi connectivity index (χ2n) is 7.28. The van der Waals surface area contributed by atoms with Crippen molar-refractivity contribution in [3.63, 3.8) is 0 Å². The standard InChI is InChI=1S/C23H25N5OS3/c1-4-28-20(14-30-23-25-18-12-8-9-13-19(18)32-23)26-27-22(28)31-16(3)21(29)24-15(2)17-10-6-5-7-11-17/h5-13,15-16H,4,14H2,1-3H3,(H,24,29). The van der Waals surface area contributed by atoms with E-state index in [-0.39, 0.29) is 17.2 Å². The van der Waals surface area contributed by atoms with Gasteiger partial charge in [-0.25, -0.2) is 4.98 Å². The summed E-state index contributed by atoms with van der Waals surface area (Å²) in [6, 6.07) is 18.1. The predicted octanol–water partition coefficient (Wildman–Crippen LogP) is 5.56. The largest absolute Gasteiger partial charge is 0.349 e. The van der Waals surface area contributed by atoms with Crippen LogP contribution in [-0.2, 0) is 17.1 Å². The average Bonchev–Trinajstić information content (AvgIpc) is 3.41. The molecule has 2 atom stereocenters. The number of hydrogen-bond acceptors (Lipinski definition) is 7. The van der Waals surface area contributed by atoms with Gasteiger partial charge in [-0.3, -0.25) is 4.79 Å². The molecule has 0 fully saturated rings. The van der Waals surface area contributed by atoms with Gasteiger partial charge in [-0.15, -0.1) is 21.5 Å². The van der Waals surface area contributed by atoms with Crippen molar-refractivity contribution in [1.29, 1.82) is 0 Å². The van der Waals surface area contributed by atoms with Gasteiger partial charge in [0, 0.05) is 6.54 Å². The van der Waals surface area contributed by atoms with Crippen molar-refractivity contribution in [2.24, 2.45) is 0 Å². The minimum Gasteiger partial charge on any atom is -0.349 e. The monoisotopic (exact) mass is 483 g/mol. The predicted molar refractivity (Wildman–Crippen MR) is 133 cm³/mol. The first-order valence-corrected chi connectivity index (χ1v) is 13.2. The van der Waals surface area contributed by atoms with Crippen LogP contribution in [0.5, 0.6) is 0 Å². The first kappa shape index (κ1) is 22.8. The fourth-order valence-corrected chi connectivity index (χ4v) is 6.19. The summed E-state index contributed by atoms with van der Waals surface area (Å²) in [5.74, 6) is 1.57. The Labute approximate surface area is 200 Å². The van der Waals surface area contributed by atoms with Gasteiger partial charge in [0.2, 0.25) is 5.91 Å². The Bertz CT molecular complexity index is 1160. The third kappa shape index (κ3) is 5.33. The molecule has 1 N–H and O–H groups in total. The number of hydrogen-bond donors (Lipinski definition) is 1.